The van der Waals surface area contributed by atoms with Gasteiger partial charge >= 0.3 is 0 Å². The Morgan fingerprint density at radius 1 is 1.18 bits per heavy atom. The largest absolute Gasteiger partial charge is 0.330 e. The van der Waals surface area contributed by atoms with Crippen LogP contribution in [0.2, 0.25) is 0 Å². The van der Waals surface area contributed by atoms with Crippen molar-refractivity contribution >= 4 is 6.08 Å². The second kappa shape index (κ2) is 5.50. The van der Waals surface area contributed by atoms with Crippen LogP contribution in [0.5, 0.6) is 0 Å². The van der Waals surface area contributed by atoms with Crippen LogP contribution in [0.15, 0.2) is 35.9 Å². The van der Waals surface area contributed by atoms with E-state index in [1.165, 1.54) is 43.2 Å². The lowest BCUT2D eigenvalue weighted by Gasteiger charge is -2.37. The van der Waals surface area contributed by atoms with Gasteiger partial charge in [-0.25, -0.2) is 0 Å². The highest BCUT2D eigenvalue weighted by atomic mass is 14.6. The van der Waals surface area contributed by atoms with E-state index in [0.717, 1.165) is 6.54 Å². The van der Waals surface area contributed by atoms with E-state index in [2.05, 4.69) is 43.3 Å². The molecule has 0 amide bonds. The maximum Gasteiger partial charge on any atom is 0.00350 e. The summed E-state index contributed by atoms with van der Waals surface area (Å²) < 4.78 is 0. The van der Waals surface area contributed by atoms with Gasteiger partial charge in [-0.3, -0.25) is 0 Å². The van der Waals surface area contributed by atoms with E-state index in [4.69, 9.17) is 5.73 Å². The fourth-order valence-corrected chi connectivity index (χ4v) is 2.94. The Morgan fingerprint density at radius 3 is 2.41 bits per heavy atom. The summed E-state index contributed by atoms with van der Waals surface area (Å²) in [6, 6.07) is 10.6. The molecule has 0 bridgehead atoms. The van der Waals surface area contributed by atoms with E-state index in [-0.39, 0.29) is 5.41 Å². The minimum absolute atomic E-state index is 0.272. The molecule has 2 rings (SSSR count). The van der Waals surface area contributed by atoms with E-state index in [9.17, 15) is 0 Å². The lowest BCUT2D eigenvalue weighted by molar-refractivity contribution is 0.250. The van der Waals surface area contributed by atoms with Crippen molar-refractivity contribution in [3.05, 3.63) is 41.5 Å². The Hall–Kier alpha value is -1.08. The number of nitrogens with two attached hydrogens (primary N) is 1. The standard InChI is InChI=1S/C16H23N/c1-14(12-15-8-4-2-5-9-15)16(13-17)10-6-3-7-11-16/h2,4-5,8-9,12H,3,6-7,10-11,13,17H2,1H3/b14-12+. The van der Waals surface area contributed by atoms with Crippen LogP contribution >= 0.6 is 0 Å². The predicted molar refractivity (Wildman–Crippen MR) is 74.7 cm³/mol. The van der Waals surface area contributed by atoms with E-state index in [1.54, 1.807) is 0 Å². The molecule has 1 heteroatoms. The second-order valence-electron chi connectivity index (χ2n) is 5.28. The first-order chi connectivity index (χ1) is 8.27. The number of benzene rings is 1. The van der Waals surface area contributed by atoms with Crippen LogP contribution in [-0.4, -0.2) is 6.54 Å². The fraction of sp³-hybridized carbons (Fsp3) is 0.500. The summed E-state index contributed by atoms with van der Waals surface area (Å²) in [5.74, 6) is 0. The topological polar surface area (TPSA) is 26.0 Å². The third-order valence-corrected chi connectivity index (χ3v) is 4.22. The van der Waals surface area contributed by atoms with Gasteiger partial charge in [-0.1, -0.05) is 61.2 Å². The van der Waals surface area contributed by atoms with Crippen molar-refractivity contribution in [1.29, 1.82) is 0 Å². The van der Waals surface area contributed by atoms with Crippen molar-refractivity contribution in [3.63, 3.8) is 0 Å². The SMILES string of the molecule is C/C(=C\c1ccccc1)C1(CN)CCCCC1. The van der Waals surface area contributed by atoms with Crippen LogP contribution in [0.4, 0.5) is 0 Å². The minimum Gasteiger partial charge on any atom is -0.330 e. The molecule has 1 aromatic rings. The van der Waals surface area contributed by atoms with Gasteiger partial charge in [0.05, 0.1) is 0 Å². The quantitative estimate of drug-likeness (QED) is 0.833. The van der Waals surface area contributed by atoms with Gasteiger partial charge in [0.1, 0.15) is 0 Å². The van der Waals surface area contributed by atoms with Crippen molar-refractivity contribution in [2.45, 2.75) is 39.0 Å². The van der Waals surface area contributed by atoms with Crippen molar-refractivity contribution < 1.29 is 0 Å². The van der Waals surface area contributed by atoms with Gasteiger partial charge in [-0.2, -0.15) is 0 Å². The molecule has 0 aromatic heterocycles. The molecule has 0 spiro atoms. The van der Waals surface area contributed by atoms with Crippen LogP contribution < -0.4 is 5.73 Å². The molecule has 1 aromatic carbocycles. The fourth-order valence-electron chi connectivity index (χ4n) is 2.94. The molecule has 0 heterocycles. The van der Waals surface area contributed by atoms with E-state index >= 15 is 0 Å². The van der Waals surface area contributed by atoms with Gasteiger partial charge in [-0.05, 0) is 25.3 Å². The highest BCUT2D eigenvalue weighted by molar-refractivity contribution is 5.53. The van der Waals surface area contributed by atoms with E-state index in [1.807, 2.05) is 0 Å². The molecule has 0 saturated heterocycles. The molecule has 1 aliphatic rings. The summed E-state index contributed by atoms with van der Waals surface area (Å²) in [6.45, 7) is 3.05. The molecular weight excluding hydrogens is 206 g/mol. The van der Waals surface area contributed by atoms with Gasteiger partial charge in [0.2, 0.25) is 0 Å². The Labute approximate surface area is 105 Å². The molecule has 0 aliphatic heterocycles. The average Bonchev–Trinajstić information content (AvgIpc) is 2.40. The zero-order chi connectivity index (χ0) is 12.1. The Morgan fingerprint density at radius 2 is 1.82 bits per heavy atom. The maximum absolute atomic E-state index is 6.05. The first-order valence-corrected chi connectivity index (χ1v) is 6.71. The Kier molecular flexibility index (Phi) is 4.01. The van der Waals surface area contributed by atoms with Gasteiger partial charge in [0, 0.05) is 12.0 Å². The molecule has 0 unspecified atom stereocenters. The van der Waals surface area contributed by atoms with Crippen molar-refractivity contribution in [2.75, 3.05) is 6.54 Å². The first kappa shape index (κ1) is 12.4. The highest BCUT2D eigenvalue weighted by Crippen LogP contribution is 2.42. The van der Waals surface area contributed by atoms with Gasteiger partial charge in [-0.15, -0.1) is 0 Å². The summed E-state index contributed by atoms with van der Waals surface area (Å²) in [6.07, 6.45) is 8.88. The molecule has 2 N–H and O–H groups in total. The van der Waals surface area contributed by atoms with Gasteiger partial charge < -0.3 is 5.73 Å². The zero-order valence-electron chi connectivity index (χ0n) is 10.8. The third-order valence-electron chi connectivity index (χ3n) is 4.22. The molecule has 1 saturated carbocycles. The summed E-state index contributed by atoms with van der Waals surface area (Å²) in [5.41, 5.74) is 9.08. The smallest absolute Gasteiger partial charge is 0.00350 e. The Balaban J connectivity index is 2.22. The van der Waals surface area contributed by atoms with Crippen LogP contribution in [-0.2, 0) is 0 Å². The normalized spacial score (nSPS) is 20.2. The molecule has 0 radical (unpaired) electrons. The summed E-state index contributed by atoms with van der Waals surface area (Å²) >= 11 is 0. The zero-order valence-corrected chi connectivity index (χ0v) is 10.8. The summed E-state index contributed by atoms with van der Waals surface area (Å²) in [5, 5.41) is 0. The first-order valence-electron chi connectivity index (χ1n) is 6.71. The average molecular weight is 229 g/mol. The monoisotopic (exact) mass is 229 g/mol. The molecule has 92 valence electrons. The molecule has 1 fully saturated rings. The lowest BCUT2D eigenvalue weighted by atomic mass is 9.69. The molecular formula is C16H23N. The van der Waals surface area contributed by atoms with E-state index in [0.29, 0.717) is 0 Å². The Bertz CT molecular complexity index is 372. The summed E-state index contributed by atoms with van der Waals surface area (Å²) in [4.78, 5) is 0. The minimum atomic E-state index is 0.272. The van der Waals surface area contributed by atoms with Crippen molar-refractivity contribution in [1.82, 2.24) is 0 Å². The van der Waals surface area contributed by atoms with E-state index < -0.39 is 0 Å². The van der Waals surface area contributed by atoms with Crippen LogP contribution in [0.25, 0.3) is 6.08 Å². The second-order valence-corrected chi connectivity index (χ2v) is 5.28. The van der Waals surface area contributed by atoms with Crippen LogP contribution in [0.3, 0.4) is 0 Å². The third kappa shape index (κ3) is 2.78. The number of hydrogen-bond donors (Lipinski definition) is 1. The molecule has 1 aliphatic carbocycles. The van der Waals surface area contributed by atoms with Gasteiger partial charge in [0.25, 0.3) is 0 Å². The molecule has 17 heavy (non-hydrogen) atoms. The molecule has 0 atom stereocenters. The number of hydrogen-bond acceptors (Lipinski definition) is 1. The lowest BCUT2D eigenvalue weighted by Crippen LogP contribution is -2.33. The number of rotatable bonds is 3. The highest BCUT2D eigenvalue weighted by Gasteiger charge is 2.31. The van der Waals surface area contributed by atoms with Crippen molar-refractivity contribution in [3.8, 4) is 0 Å². The maximum atomic E-state index is 6.05. The summed E-state index contributed by atoms with van der Waals surface area (Å²) in [7, 11) is 0. The van der Waals surface area contributed by atoms with Crippen LogP contribution in [0, 0.1) is 5.41 Å². The van der Waals surface area contributed by atoms with Crippen LogP contribution in [0.1, 0.15) is 44.6 Å². The predicted octanol–water partition coefficient (Wildman–Crippen LogP) is 4.00. The molecule has 1 nitrogen and oxygen atoms in total. The van der Waals surface area contributed by atoms with Crippen molar-refractivity contribution in [2.24, 2.45) is 11.1 Å². The van der Waals surface area contributed by atoms with Gasteiger partial charge in [0.15, 0.2) is 0 Å².